The van der Waals surface area contributed by atoms with Gasteiger partial charge >= 0.3 is 0 Å². The molecule has 1 nitrogen and oxygen atoms in total. The molecule has 0 spiro atoms. The van der Waals surface area contributed by atoms with Crippen molar-refractivity contribution in [3.05, 3.63) is 138 Å². The molecule has 5 aromatic carbocycles. The molecular formula is C29H20O. The summed E-state index contributed by atoms with van der Waals surface area (Å²) in [5, 5.41) is 12.5. The first kappa shape index (κ1) is 17.1. The predicted molar refractivity (Wildman–Crippen MR) is 123 cm³/mol. The fraction of sp³-hybridized carbons (Fsp3) is 0.0345. The summed E-state index contributed by atoms with van der Waals surface area (Å²) in [4.78, 5) is 0. The van der Waals surface area contributed by atoms with E-state index in [-0.39, 0.29) is 5.75 Å². The molecule has 0 bridgehead atoms. The molecule has 5 aromatic rings. The monoisotopic (exact) mass is 384 g/mol. The standard InChI is InChI=1S/C29H20O/c30-24-16-14-23(15-17-24)29(22-10-2-1-3-11-22)27-13-7-6-12-25(27)26-18-20-8-4-5-9-21(20)19-28(26)29/h1-19,30H. The van der Waals surface area contributed by atoms with Crippen LogP contribution in [0, 0.1) is 0 Å². The Morgan fingerprint density at radius 2 is 1.07 bits per heavy atom. The van der Waals surface area contributed by atoms with E-state index < -0.39 is 5.41 Å². The van der Waals surface area contributed by atoms with E-state index in [2.05, 4.69) is 103 Å². The van der Waals surface area contributed by atoms with E-state index in [9.17, 15) is 5.11 Å². The summed E-state index contributed by atoms with van der Waals surface area (Å²) in [6.07, 6.45) is 0. The second kappa shape index (κ2) is 6.33. The lowest BCUT2D eigenvalue weighted by atomic mass is 9.67. The van der Waals surface area contributed by atoms with Gasteiger partial charge in [-0.15, -0.1) is 0 Å². The Morgan fingerprint density at radius 1 is 0.467 bits per heavy atom. The summed E-state index contributed by atoms with van der Waals surface area (Å²) >= 11 is 0. The summed E-state index contributed by atoms with van der Waals surface area (Å²) in [7, 11) is 0. The number of phenolic OH excluding ortho intramolecular Hbond substituents is 1. The van der Waals surface area contributed by atoms with Crippen LogP contribution in [0.5, 0.6) is 5.75 Å². The van der Waals surface area contributed by atoms with Gasteiger partial charge in [0.25, 0.3) is 0 Å². The summed E-state index contributed by atoms with van der Waals surface area (Å²) < 4.78 is 0. The van der Waals surface area contributed by atoms with Gasteiger partial charge in [-0.3, -0.25) is 0 Å². The second-order valence-electron chi connectivity index (χ2n) is 7.95. The van der Waals surface area contributed by atoms with Crippen molar-refractivity contribution in [1.29, 1.82) is 0 Å². The third-order valence-corrected chi connectivity index (χ3v) is 6.42. The number of fused-ring (bicyclic) bond motifs is 4. The van der Waals surface area contributed by atoms with Crippen molar-refractivity contribution in [3.8, 4) is 16.9 Å². The van der Waals surface area contributed by atoms with Crippen LogP contribution in [0.15, 0.2) is 115 Å². The van der Waals surface area contributed by atoms with Crippen LogP contribution in [0.1, 0.15) is 22.3 Å². The first-order chi connectivity index (χ1) is 14.8. The van der Waals surface area contributed by atoms with Crippen LogP contribution >= 0.6 is 0 Å². The summed E-state index contributed by atoms with van der Waals surface area (Å²) in [5.41, 5.74) is 7.10. The first-order valence-corrected chi connectivity index (χ1v) is 10.3. The number of phenols is 1. The molecule has 0 saturated carbocycles. The molecule has 6 rings (SSSR count). The molecule has 0 aromatic heterocycles. The van der Waals surface area contributed by atoms with E-state index in [0.29, 0.717) is 0 Å². The van der Waals surface area contributed by atoms with Crippen molar-refractivity contribution in [2.45, 2.75) is 5.41 Å². The number of hydrogen-bond acceptors (Lipinski definition) is 1. The minimum absolute atomic E-state index is 0.284. The summed E-state index contributed by atoms with van der Waals surface area (Å²) in [5.74, 6) is 0.284. The fourth-order valence-electron chi connectivity index (χ4n) is 5.15. The van der Waals surface area contributed by atoms with Gasteiger partial charge < -0.3 is 5.11 Å². The number of hydrogen-bond donors (Lipinski definition) is 1. The van der Waals surface area contributed by atoms with Crippen molar-refractivity contribution < 1.29 is 5.11 Å². The van der Waals surface area contributed by atoms with Gasteiger partial charge in [0.15, 0.2) is 0 Å². The molecule has 0 heterocycles. The molecule has 0 fully saturated rings. The van der Waals surface area contributed by atoms with Crippen LogP contribution < -0.4 is 0 Å². The van der Waals surface area contributed by atoms with E-state index in [1.807, 2.05) is 0 Å². The lowest BCUT2D eigenvalue weighted by Gasteiger charge is -2.34. The van der Waals surface area contributed by atoms with Gasteiger partial charge in [0.2, 0.25) is 0 Å². The minimum Gasteiger partial charge on any atom is -0.508 e. The molecule has 1 aliphatic carbocycles. The van der Waals surface area contributed by atoms with Crippen molar-refractivity contribution in [3.63, 3.8) is 0 Å². The van der Waals surface area contributed by atoms with Crippen LogP contribution in [0.4, 0.5) is 0 Å². The molecule has 1 heteroatoms. The molecule has 30 heavy (non-hydrogen) atoms. The highest BCUT2D eigenvalue weighted by atomic mass is 16.3. The lowest BCUT2D eigenvalue weighted by molar-refractivity contribution is 0.475. The van der Waals surface area contributed by atoms with Gasteiger partial charge in [0.05, 0.1) is 5.41 Å². The van der Waals surface area contributed by atoms with E-state index >= 15 is 0 Å². The molecule has 0 aliphatic heterocycles. The SMILES string of the molecule is Oc1ccc(C2(c3ccccc3)c3ccccc3-c3cc4ccccc4cc32)cc1. The van der Waals surface area contributed by atoms with Crippen LogP contribution in [0.25, 0.3) is 21.9 Å². The summed E-state index contributed by atoms with van der Waals surface area (Å²) in [6.45, 7) is 0. The van der Waals surface area contributed by atoms with E-state index in [4.69, 9.17) is 0 Å². The average molecular weight is 384 g/mol. The summed E-state index contributed by atoms with van der Waals surface area (Å²) in [6, 6.07) is 40.4. The molecule has 1 N–H and O–H groups in total. The van der Waals surface area contributed by atoms with Gasteiger partial charge in [-0.2, -0.15) is 0 Å². The Balaban J connectivity index is 1.82. The third kappa shape index (κ3) is 2.23. The molecule has 0 saturated heterocycles. The number of aromatic hydroxyl groups is 1. The smallest absolute Gasteiger partial charge is 0.115 e. The van der Waals surface area contributed by atoms with Crippen LogP contribution in [-0.2, 0) is 5.41 Å². The highest BCUT2D eigenvalue weighted by molar-refractivity contribution is 5.95. The maximum atomic E-state index is 9.99. The van der Waals surface area contributed by atoms with E-state index in [1.54, 1.807) is 12.1 Å². The molecule has 0 radical (unpaired) electrons. The molecule has 1 unspecified atom stereocenters. The highest BCUT2D eigenvalue weighted by Gasteiger charge is 2.46. The van der Waals surface area contributed by atoms with Crippen LogP contribution in [0.2, 0.25) is 0 Å². The third-order valence-electron chi connectivity index (χ3n) is 6.42. The zero-order valence-electron chi connectivity index (χ0n) is 16.4. The van der Waals surface area contributed by atoms with Crippen molar-refractivity contribution in [2.24, 2.45) is 0 Å². The van der Waals surface area contributed by atoms with Crippen molar-refractivity contribution in [1.82, 2.24) is 0 Å². The quantitative estimate of drug-likeness (QED) is 0.344. The maximum absolute atomic E-state index is 9.99. The Hall–Kier alpha value is -3.84. The van der Waals surface area contributed by atoms with E-state index in [0.717, 1.165) is 5.56 Å². The molecule has 1 aliphatic rings. The number of benzene rings is 5. The normalized spacial score (nSPS) is 16.9. The second-order valence-corrected chi connectivity index (χ2v) is 7.95. The fourth-order valence-corrected chi connectivity index (χ4v) is 5.15. The maximum Gasteiger partial charge on any atom is 0.115 e. The first-order valence-electron chi connectivity index (χ1n) is 10.3. The largest absolute Gasteiger partial charge is 0.508 e. The predicted octanol–water partition coefficient (Wildman–Crippen LogP) is 6.91. The minimum atomic E-state index is -0.426. The van der Waals surface area contributed by atoms with Gasteiger partial charge in [-0.1, -0.05) is 91.0 Å². The van der Waals surface area contributed by atoms with Gasteiger partial charge in [0.1, 0.15) is 5.75 Å². The topological polar surface area (TPSA) is 20.2 Å². The lowest BCUT2D eigenvalue weighted by Crippen LogP contribution is -2.28. The van der Waals surface area contributed by atoms with Crippen LogP contribution in [-0.4, -0.2) is 5.11 Å². The Bertz CT molecular complexity index is 1380. The Kier molecular flexibility index (Phi) is 3.60. The number of rotatable bonds is 2. The molecule has 142 valence electrons. The van der Waals surface area contributed by atoms with Crippen molar-refractivity contribution >= 4 is 10.8 Å². The van der Waals surface area contributed by atoms with Gasteiger partial charge in [0, 0.05) is 0 Å². The van der Waals surface area contributed by atoms with Gasteiger partial charge in [-0.25, -0.2) is 0 Å². The highest BCUT2D eigenvalue weighted by Crippen LogP contribution is 2.56. The molecular weight excluding hydrogens is 364 g/mol. The molecule has 0 amide bonds. The average Bonchev–Trinajstić information content (AvgIpc) is 3.09. The zero-order valence-corrected chi connectivity index (χ0v) is 16.4. The molecule has 1 atom stereocenters. The van der Waals surface area contributed by atoms with Gasteiger partial charge in [-0.05, 0) is 68.4 Å². The van der Waals surface area contributed by atoms with Crippen molar-refractivity contribution in [2.75, 3.05) is 0 Å². The zero-order chi connectivity index (χ0) is 20.1. The Labute approximate surface area is 175 Å². The van der Waals surface area contributed by atoms with Crippen LogP contribution in [0.3, 0.4) is 0 Å². The van der Waals surface area contributed by atoms with E-state index in [1.165, 1.54) is 38.6 Å². The Morgan fingerprint density at radius 3 is 1.83 bits per heavy atom.